The number of nitrogens with one attached hydrogen (secondary N) is 3. The molecular weight excluding hydrogens is 415 g/mol. The van der Waals surface area contributed by atoms with Crippen molar-refractivity contribution in [1.29, 1.82) is 0 Å². The number of carbonyl (C=O) groups is 3. The molecule has 29 heavy (non-hydrogen) atoms. The normalized spacial score (nSPS) is 15.0. The molecule has 0 atom stereocenters. The number of carbonyl (C=O) groups excluding carboxylic acids is 3. The smallest absolute Gasteiger partial charge is 0.253 e. The number of hydrogen-bond acceptors (Lipinski definition) is 4. The maximum atomic E-state index is 12.1. The second-order valence-electron chi connectivity index (χ2n) is 7.12. The van der Waals surface area contributed by atoms with E-state index in [1.54, 1.807) is 6.07 Å². The summed E-state index contributed by atoms with van der Waals surface area (Å²) in [6, 6.07) is 4.63. The summed E-state index contributed by atoms with van der Waals surface area (Å²) in [6.45, 7) is 4.89. The van der Waals surface area contributed by atoms with Crippen LogP contribution < -0.4 is 16.0 Å². The predicted molar refractivity (Wildman–Crippen MR) is 114 cm³/mol. The minimum absolute atomic E-state index is 0.119. The molecular formula is C20H28Cl2N4O3. The molecule has 0 unspecified atom stereocenters. The van der Waals surface area contributed by atoms with E-state index in [9.17, 15) is 14.4 Å². The van der Waals surface area contributed by atoms with E-state index in [0.717, 1.165) is 32.5 Å². The molecule has 0 aliphatic carbocycles. The van der Waals surface area contributed by atoms with Gasteiger partial charge in [-0.3, -0.25) is 14.4 Å². The Labute approximate surface area is 181 Å². The van der Waals surface area contributed by atoms with Gasteiger partial charge in [0, 0.05) is 24.2 Å². The Morgan fingerprint density at radius 3 is 2.41 bits per heavy atom. The third-order valence-corrected chi connectivity index (χ3v) is 5.36. The fourth-order valence-electron chi connectivity index (χ4n) is 3.13. The summed E-state index contributed by atoms with van der Waals surface area (Å²) in [7, 11) is 0. The molecule has 3 N–H and O–H groups in total. The second kappa shape index (κ2) is 12.0. The number of hydrogen-bond donors (Lipinski definition) is 3. The topological polar surface area (TPSA) is 90.5 Å². The second-order valence-corrected chi connectivity index (χ2v) is 7.96. The summed E-state index contributed by atoms with van der Waals surface area (Å²) in [5.74, 6) is -1.16. The van der Waals surface area contributed by atoms with Crippen molar-refractivity contribution in [2.24, 2.45) is 0 Å². The van der Waals surface area contributed by atoms with E-state index < -0.39 is 11.8 Å². The van der Waals surface area contributed by atoms with Crippen LogP contribution in [0, 0.1) is 0 Å². The molecule has 1 fully saturated rings. The summed E-state index contributed by atoms with van der Waals surface area (Å²) in [6.07, 6.45) is 4.22. The van der Waals surface area contributed by atoms with Gasteiger partial charge in [0.1, 0.15) is 0 Å². The molecule has 7 nitrogen and oxygen atoms in total. The van der Waals surface area contributed by atoms with Crippen LogP contribution in [0.5, 0.6) is 0 Å². The SMILES string of the molecule is CCCCN1CCC(NC(=O)CNC(=O)CNC(=O)c2ccc(Cl)cc2Cl)CC1. The monoisotopic (exact) mass is 442 g/mol. The quantitative estimate of drug-likeness (QED) is 0.546. The van der Waals surface area contributed by atoms with Crippen LogP contribution >= 0.6 is 23.2 Å². The van der Waals surface area contributed by atoms with Gasteiger partial charge < -0.3 is 20.9 Å². The number of nitrogens with zero attached hydrogens (tertiary/aromatic N) is 1. The van der Waals surface area contributed by atoms with Gasteiger partial charge in [0.15, 0.2) is 0 Å². The van der Waals surface area contributed by atoms with Gasteiger partial charge in [-0.1, -0.05) is 36.5 Å². The Morgan fingerprint density at radius 1 is 1.07 bits per heavy atom. The zero-order valence-electron chi connectivity index (χ0n) is 16.6. The fourth-order valence-corrected chi connectivity index (χ4v) is 3.63. The molecule has 1 heterocycles. The number of halogens is 2. The lowest BCUT2D eigenvalue weighted by Gasteiger charge is -2.32. The lowest BCUT2D eigenvalue weighted by atomic mass is 10.0. The van der Waals surface area contributed by atoms with Crippen LogP contribution in [0.25, 0.3) is 0 Å². The van der Waals surface area contributed by atoms with Crippen molar-refractivity contribution in [3.05, 3.63) is 33.8 Å². The number of amides is 3. The minimum atomic E-state index is -0.485. The van der Waals surface area contributed by atoms with Crippen molar-refractivity contribution in [3.63, 3.8) is 0 Å². The van der Waals surface area contributed by atoms with Gasteiger partial charge in [0.2, 0.25) is 11.8 Å². The maximum Gasteiger partial charge on any atom is 0.253 e. The van der Waals surface area contributed by atoms with E-state index in [4.69, 9.17) is 23.2 Å². The van der Waals surface area contributed by atoms with Gasteiger partial charge in [-0.15, -0.1) is 0 Å². The van der Waals surface area contributed by atoms with E-state index in [0.29, 0.717) is 5.02 Å². The Balaban J connectivity index is 1.63. The molecule has 1 aliphatic heterocycles. The van der Waals surface area contributed by atoms with Crippen molar-refractivity contribution in [2.75, 3.05) is 32.7 Å². The average Bonchev–Trinajstić information content (AvgIpc) is 2.70. The molecule has 0 saturated carbocycles. The summed E-state index contributed by atoms with van der Waals surface area (Å²) in [4.78, 5) is 38.4. The highest BCUT2D eigenvalue weighted by Gasteiger charge is 2.20. The first-order chi connectivity index (χ1) is 13.9. The molecule has 1 aliphatic rings. The summed E-state index contributed by atoms with van der Waals surface area (Å²) in [5, 5.41) is 8.56. The number of piperidine rings is 1. The largest absolute Gasteiger partial charge is 0.352 e. The van der Waals surface area contributed by atoms with Crippen LogP contribution in [-0.4, -0.2) is 61.4 Å². The first kappa shape index (κ1) is 23.4. The van der Waals surface area contributed by atoms with E-state index in [1.807, 2.05) is 0 Å². The third-order valence-electron chi connectivity index (χ3n) is 4.81. The number of unbranched alkanes of at least 4 members (excludes halogenated alkanes) is 1. The van der Waals surface area contributed by atoms with Crippen molar-refractivity contribution in [1.82, 2.24) is 20.9 Å². The highest BCUT2D eigenvalue weighted by Crippen LogP contribution is 2.20. The number of likely N-dealkylation sites (tertiary alicyclic amines) is 1. The number of benzene rings is 1. The molecule has 160 valence electrons. The Bertz CT molecular complexity index is 722. The van der Waals surface area contributed by atoms with E-state index in [-0.39, 0.29) is 35.6 Å². The molecule has 0 radical (unpaired) electrons. The molecule has 0 spiro atoms. The Morgan fingerprint density at radius 2 is 1.76 bits per heavy atom. The minimum Gasteiger partial charge on any atom is -0.352 e. The van der Waals surface area contributed by atoms with Gasteiger partial charge in [0.05, 0.1) is 23.7 Å². The molecule has 3 amide bonds. The highest BCUT2D eigenvalue weighted by atomic mass is 35.5. The number of rotatable bonds is 9. The highest BCUT2D eigenvalue weighted by molar-refractivity contribution is 6.36. The van der Waals surface area contributed by atoms with Gasteiger partial charge in [-0.05, 0) is 44.0 Å². The zero-order valence-corrected chi connectivity index (χ0v) is 18.1. The van der Waals surface area contributed by atoms with Crippen molar-refractivity contribution < 1.29 is 14.4 Å². The average molecular weight is 443 g/mol. The van der Waals surface area contributed by atoms with Crippen molar-refractivity contribution in [2.45, 2.75) is 38.6 Å². The first-order valence-electron chi connectivity index (χ1n) is 9.90. The van der Waals surface area contributed by atoms with Gasteiger partial charge >= 0.3 is 0 Å². The molecule has 9 heteroatoms. The summed E-state index contributed by atoms with van der Waals surface area (Å²) >= 11 is 11.8. The van der Waals surface area contributed by atoms with E-state index in [1.165, 1.54) is 25.0 Å². The third kappa shape index (κ3) is 8.20. The Hall–Kier alpha value is -1.83. The molecule has 0 aromatic heterocycles. The van der Waals surface area contributed by atoms with Gasteiger partial charge in [-0.25, -0.2) is 0 Å². The van der Waals surface area contributed by atoms with Crippen LogP contribution in [0.15, 0.2) is 18.2 Å². The van der Waals surface area contributed by atoms with E-state index >= 15 is 0 Å². The first-order valence-corrected chi connectivity index (χ1v) is 10.7. The van der Waals surface area contributed by atoms with Crippen LogP contribution in [0.2, 0.25) is 10.0 Å². The van der Waals surface area contributed by atoms with Gasteiger partial charge in [0.25, 0.3) is 5.91 Å². The maximum absolute atomic E-state index is 12.1. The lowest BCUT2D eigenvalue weighted by Crippen LogP contribution is -2.48. The molecule has 0 bridgehead atoms. The zero-order chi connectivity index (χ0) is 21.2. The van der Waals surface area contributed by atoms with Crippen LogP contribution in [0.1, 0.15) is 43.0 Å². The fraction of sp³-hybridized carbons (Fsp3) is 0.550. The molecule has 1 aromatic rings. The van der Waals surface area contributed by atoms with Gasteiger partial charge in [-0.2, -0.15) is 0 Å². The molecule has 1 aromatic carbocycles. The molecule has 2 rings (SSSR count). The summed E-state index contributed by atoms with van der Waals surface area (Å²) < 4.78 is 0. The van der Waals surface area contributed by atoms with Crippen molar-refractivity contribution >= 4 is 40.9 Å². The lowest BCUT2D eigenvalue weighted by molar-refractivity contribution is -0.126. The van der Waals surface area contributed by atoms with Crippen LogP contribution in [0.3, 0.4) is 0 Å². The molecule has 1 saturated heterocycles. The standard InChI is InChI=1S/C20H28Cl2N4O3/c1-2-3-8-26-9-6-15(7-10-26)25-19(28)13-23-18(27)12-24-20(29)16-5-4-14(21)11-17(16)22/h4-5,11,15H,2-3,6-10,12-13H2,1H3,(H,23,27)(H,24,29)(H,25,28). The van der Waals surface area contributed by atoms with Crippen LogP contribution in [0.4, 0.5) is 0 Å². The summed E-state index contributed by atoms with van der Waals surface area (Å²) in [5.41, 5.74) is 0.229. The van der Waals surface area contributed by atoms with Crippen molar-refractivity contribution in [3.8, 4) is 0 Å². The Kier molecular flexibility index (Phi) is 9.70. The van der Waals surface area contributed by atoms with E-state index in [2.05, 4.69) is 27.8 Å². The predicted octanol–water partition coefficient (Wildman–Crippen LogP) is 2.22. The van der Waals surface area contributed by atoms with Crippen LogP contribution in [-0.2, 0) is 9.59 Å².